The smallest absolute Gasteiger partial charge is 0.244 e. The number of halogens is 1. The van der Waals surface area contributed by atoms with Gasteiger partial charge in [-0.2, -0.15) is 0 Å². The Balaban J connectivity index is 2.02. The summed E-state index contributed by atoms with van der Waals surface area (Å²) in [5.41, 5.74) is 1.80. The summed E-state index contributed by atoms with van der Waals surface area (Å²) in [5, 5.41) is 8.26. The van der Waals surface area contributed by atoms with E-state index in [0.29, 0.717) is 27.8 Å². The summed E-state index contributed by atoms with van der Waals surface area (Å²) in [6.07, 6.45) is -0.516. The molecule has 0 aliphatic carbocycles. The van der Waals surface area contributed by atoms with Crippen LogP contribution in [0.15, 0.2) is 71.6 Å². The summed E-state index contributed by atoms with van der Waals surface area (Å²) in [7, 11) is -1.26. The Morgan fingerprint density at radius 1 is 0.970 bits per heavy atom. The molecule has 3 aromatic carbocycles. The first-order valence-corrected chi connectivity index (χ1v) is 11.6. The molecule has 0 radical (unpaired) electrons. The van der Waals surface area contributed by atoms with Crippen molar-refractivity contribution >= 4 is 27.3 Å². The number of hydroxylamine groups is 1. The van der Waals surface area contributed by atoms with Gasteiger partial charge >= 0.3 is 0 Å². The van der Waals surface area contributed by atoms with Crippen LogP contribution in [0.3, 0.4) is 0 Å². The normalized spacial score (nSPS) is 12.0. The predicted molar refractivity (Wildman–Crippen MR) is 122 cm³/mol. The van der Waals surface area contributed by atoms with E-state index in [9.17, 15) is 13.2 Å². The highest BCUT2D eigenvalue weighted by molar-refractivity contribution is 7.91. The second kappa shape index (κ2) is 10.6. The van der Waals surface area contributed by atoms with E-state index in [2.05, 4.69) is 0 Å². The lowest BCUT2D eigenvalue weighted by Crippen LogP contribution is -2.25. The number of ether oxygens (including phenoxy) is 3. The summed E-state index contributed by atoms with van der Waals surface area (Å²) in [6.45, 7) is 0. The van der Waals surface area contributed by atoms with Gasteiger partial charge in [-0.05, 0) is 54.1 Å². The molecule has 3 aromatic rings. The Morgan fingerprint density at radius 2 is 1.67 bits per heavy atom. The van der Waals surface area contributed by atoms with Gasteiger partial charge in [0.05, 0.1) is 24.4 Å². The van der Waals surface area contributed by atoms with E-state index in [4.69, 9.17) is 31.0 Å². The summed E-state index contributed by atoms with van der Waals surface area (Å²) in [6, 6.07) is 17.2. The minimum atomic E-state index is -4.09. The van der Waals surface area contributed by atoms with Crippen LogP contribution in [0.2, 0.25) is 5.02 Å². The summed E-state index contributed by atoms with van der Waals surface area (Å²) in [4.78, 5) is 11.9. The Morgan fingerprint density at radius 3 is 2.30 bits per heavy atom. The Kier molecular flexibility index (Phi) is 7.80. The van der Waals surface area contributed by atoms with Gasteiger partial charge in [0.25, 0.3) is 0 Å². The summed E-state index contributed by atoms with van der Waals surface area (Å²) < 4.78 is 43.3. The van der Waals surface area contributed by atoms with E-state index in [1.807, 2.05) is 0 Å². The number of hydrogen-bond acceptors (Lipinski definition) is 7. The Bertz CT molecular complexity index is 1230. The molecule has 0 fully saturated rings. The lowest BCUT2D eigenvalue weighted by molar-refractivity contribution is -0.129. The van der Waals surface area contributed by atoms with Crippen LogP contribution in [0.5, 0.6) is 23.0 Å². The third-order valence-corrected chi connectivity index (χ3v) is 7.18. The zero-order valence-electron chi connectivity index (χ0n) is 17.8. The molecule has 0 heterocycles. The van der Waals surface area contributed by atoms with Crippen LogP contribution in [0.4, 0.5) is 0 Å². The molecule has 0 spiro atoms. The van der Waals surface area contributed by atoms with Crippen molar-refractivity contribution in [2.24, 2.45) is 0 Å². The molecule has 1 amide bonds. The topological polar surface area (TPSA) is 111 Å². The van der Waals surface area contributed by atoms with Gasteiger partial charge < -0.3 is 14.2 Å². The van der Waals surface area contributed by atoms with Crippen molar-refractivity contribution in [2.45, 2.75) is 16.6 Å². The van der Waals surface area contributed by atoms with Gasteiger partial charge in [0.15, 0.2) is 21.3 Å². The van der Waals surface area contributed by atoms with E-state index in [1.54, 1.807) is 42.5 Å². The van der Waals surface area contributed by atoms with Crippen LogP contribution in [0, 0.1) is 0 Å². The van der Waals surface area contributed by atoms with Crippen LogP contribution < -0.4 is 19.7 Å². The number of nitrogens with one attached hydrogen (secondary N) is 1. The number of rotatable bonds is 9. The second-order valence-electron chi connectivity index (χ2n) is 6.92. The fraction of sp³-hybridized carbons (Fsp3) is 0.174. The van der Waals surface area contributed by atoms with Crippen LogP contribution in [0.1, 0.15) is 17.2 Å². The molecule has 10 heteroatoms. The fourth-order valence-electron chi connectivity index (χ4n) is 3.20. The summed E-state index contributed by atoms with van der Waals surface area (Å²) in [5.74, 6) is 0.604. The van der Waals surface area contributed by atoms with E-state index in [-0.39, 0.29) is 10.6 Å². The van der Waals surface area contributed by atoms with Gasteiger partial charge in [0.1, 0.15) is 11.5 Å². The molecule has 0 aliphatic heterocycles. The van der Waals surface area contributed by atoms with Gasteiger partial charge in [0, 0.05) is 17.5 Å². The highest BCUT2D eigenvalue weighted by atomic mass is 35.5. The first-order chi connectivity index (χ1) is 15.8. The molecular formula is C23H22ClNO7S. The molecule has 8 nitrogen and oxygen atoms in total. The average Bonchev–Trinajstić information content (AvgIpc) is 2.83. The van der Waals surface area contributed by atoms with Crippen molar-refractivity contribution in [2.75, 3.05) is 14.2 Å². The Hall–Kier alpha value is -3.27. The third-order valence-electron chi connectivity index (χ3n) is 4.83. The molecule has 0 aromatic heterocycles. The van der Waals surface area contributed by atoms with Crippen molar-refractivity contribution in [3.8, 4) is 23.0 Å². The standard InChI is InChI=1S/C23H22ClNO7S/c1-30-20-11-10-19(13-21(20)31-2)33(28,29)22(14-23(26)25-27)15-4-3-5-18(12-15)32-17-8-6-16(24)7-9-17/h3-13,22,27H,14H2,1-2H3,(H,25,26). The number of benzene rings is 3. The molecule has 0 saturated carbocycles. The Labute approximate surface area is 196 Å². The molecule has 0 saturated heterocycles. The van der Waals surface area contributed by atoms with Crippen LogP contribution in [-0.2, 0) is 14.6 Å². The van der Waals surface area contributed by atoms with Gasteiger partial charge in [0.2, 0.25) is 5.91 Å². The first-order valence-electron chi connectivity index (χ1n) is 9.70. The lowest BCUT2D eigenvalue weighted by Gasteiger charge is -2.19. The molecule has 2 N–H and O–H groups in total. The van der Waals surface area contributed by atoms with Gasteiger partial charge in [-0.1, -0.05) is 23.7 Å². The molecule has 0 aliphatic rings. The number of carbonyl (C=O) groups excluding carboxylic acids is 1. The summed E-state index contributed by atoms with van der Waals surface area (Å²) >= 11 is 5.90. The van der Waals surface area contributed by atoms with E-state index in [0.717, 1.165) is 0 Å². The largest absolute Gasteiger partial charge is 0.493 e. The minimum absolute atomic E-state index is 0.0695. The van der Waals surface area contributed by atoms with Gasteiger partial charge in [-0.15, -0.1) is 0 Å². The predicted octanol–water partition coefficient (Wildman–Crippen LogP) is 4.56. The fourth-order valence-corrected chi connectivity index (χ4v) is 5.05. The zero-order chi connectivity index (χ0) is 24.0. The average molecular weight is 492 g/mol. The zero-order valence-corrected chi connectivity index (χ0v) is 19.4. The third kappa shape index (κ3) is 5.75. The van der Waals surface area contributed by atoms with Crippen molar-refractivity contribution in [1.29, 1.82) is 0 Å². The first kappa shape index (κ1) is 24.4. The lowest BCUT2D eigenvalue weighted by atomic mass is 10.1. The monoisotopic (exact) mass is 491 g/mol. The quantitative estimate of drug-likeness (QED) is 0.333. The maximum absolute atomic E-state index is 13.5. The van der Waals surface area contributed by atoms with Crippen LogP contribution >= 0.6 is 11.6 Å². The maximum Gasteiger partial charge on any atom is 0.244 e. The van der Waals surface area contributed by atoms with Gasteiger partial charge in [-0.3, -0.25) is 10.0 Å². The van der Waals surface area contributed by atoms with Crippen LogP contribution in [0.25, 0.3) is 0 Å². The van der Waals surface area contributed by atoms with Crippen molar-refractivity contribution in [1.82, 2.24) is 5.48 Å². The van der Waals surface area contributed by atoms with Crippen molar-refractivity contribution < 1.29 is 32.6 Å². The minimum Gasteiger partial charge on any atom is -0.493 e. The molecule has 0 bridgehead atoms. The maximum atomic E-state index is 13.5. The van der Waals surface area contributed by atoms with E-state index < -0.39 is 27.4 Å². The number of amides is 1. The number of sulfone groups is 1. The highest BCUT2D eigenvalue weighted by Gasteiger charge is 2.32. The molecule has 1 atom stereocenters. The van der Waals surface area contributed by atoms with Crippen LogP contribution in [-0.4, -0.2) is 33.8 Å². The molecule has 1 unspecified atom stereocenters. The van der Waals surface area contributed by atoms with Crippen molar-refractivity contribution in [3.05, 3.63) is 77.3 Å². The number of methoxy groups -OCH3 is 2. The number of hydrogen-bond donors (Lipinski definition) is 2. The van der Waals surface area contributed by atoms with E-state index in [1.165, 1.54) is 44.0 Å². The SMILES string of the molecule is COc1ccc(S(=O)(=O)C(CC(=O)NO)c2cccc(Oc3ccc(Cl)cc3)c2)cc1OC. The number of carbonyl (C=O) groups is 1. The van der Waals surface area contributed by atoms with E-state index >= 15 is 0 Å². The molecular weight excluding hydrogens is 470 g/mol. The van der Waals surface area contributed by atoms with Gasteiger partial charge in [-0.25, -0.2) is 13.9 Å². The van der Waals surface area contributed by atoms with Crippen molar-refractivity contribution in [3.63, 3.8) is 0 Å². The molecule has 3 rings (SSSR count). The highest BCUT2D eigenvalue weighted by Crippen LogP contribution is 2.37. The second-order valence-corrected chi connectivity index (χ2v) is 9.48. The molecule has 174 valence electrons. The molecule has 33 heavy (non-hydrogen) atoms.